The second-order valence-electron chi connectivity index (χ2n) is 5.14. The number of hydrogen-bond acceptors (Lipinski definition) is 3. The molecule has 1 aromatic rings. The maximum atomic E-state index is 12.3. The summed E-state index contributed by atoms with van der Waals surface area (Å²) in [6, 6.07) is 7.56. The van der Waals surface area contributed by atoms with Gasteiger partial charge in [-0.05, 0) is 43.5 Å². The monoisotopic (exact) mass is 358 g/mol. The highest BCUT2D eigenvalue weighted by Gasteiger charge is 2.30. The standard InChI is InChI=1S/C14H19BrN2O2S/c1-11-10-14(16)6-8-17(11)20(18,19)9-7-12-2-4-13(15)5-3-12/h2-5,7,9,11,14H,6,8,10,16H2,1H3/b9-7+. The summed E-state index contributed by atoms with van der Waals surface area (Å²) in [5.74, 6) is 0. The van der Waals surface area contributed by atoms with Crippen molar-refractivity contribution in [2.45, 2.75) is 31.8 Å². The quantitative estimate of drug-likeness (QED) is 0.902. The van der Waals surface area contributed by atoms with Crippen LogP contribution in [0, 0.1) is 0 Å². The molecule has 110 valence electrons. The Labute approximate surface area is 128 Å². The Morgan fingerprint density at radius 3 is 2.60 bits per heavy atom. The van der Waals surface area contributed by atoms with Crippen molar-refractivity contribution in [3.63, 3.8) is 0 Å². The van der Waals surface area contributed by atoms with Crippen molar-refractivity contribution in [1.29, 1.82) is 0 Å². The van der Waals surface area contributed by atoms with E-state index < -0.39 is 10.0 Å². The molecule has 0 aromatic heterocycles. The number of nitrogens with zero attached hydrogens (tertiary/aromatic N) is 1. The fourth-order valence-corrected chi connectivity index (χ4v) is 4.08. The predicted molar refractivity (Wildman–Crippen MR) is 85.5 cm³/mol. The van der Waals surface area contributed by atoms with Gasteiger partial charge in [-0.1, -0.05) is 28.1 Å². The minimum Gasteiger partial charge on any atom is -0.328 e. The lowest BCUT2D eigenvalue weighted by atomic mass is 10.0. The Morgan fingerprint density at radius 1 is 1.35 bits per heavy atom. The summed E-state index contributed by atoms with van der Waals surface area (Å²) in [4.78, 5) is 0. The van der Waals surface area contributed by atoms with Crippen molar-refractivity contribution >= 4 is 32.0 Å². The van der Waals surface area contributed by atoms with Gasteiger partial charge in [0.05, 0.1) is 0 Å². The van der Waals surface area contributed by atoms with Crippen molar-refractivity contribution in [3.05, 3.63) is 39.7 Å². The van der Waals surface area contributed by atoms with Crippen LogP contribution < -0.4 is 5.73 Å². The van der Waals surface area contributed by atoms with E-state index in [9.17, 15) is 8.42 Å². The molecule has 1 fully saturated rings. The van der Waals surface area contributed by atoms with E-state index in [0.717, 1.165) is 16.5 Å². The molecule has 6 heteroatoms. The maximum absolute atomic E-state index is 12.3. The number of rotatable bonds is 3. The molecule has 0 spiro atoms. The molecule has 1 heterocycles. The zero-order chi connectivity index (χ0) is 14.8. The molecule has 0 amide bonds. The van der Waals surface area contributed by atoms with E-state index in [4.69, 9.17) is 5.73 Å². The molecule has 1 aromatic carbocycles. The topological polar surface area (TPSA) is 63.4 Å². The Kier molecular flexibility index (Phi) is 5.01. The van der Waals surface area contributed by atoms with Gasteiger partial charge in [-0.2, -0.15) is 4.31 Å². The number of hydrogen-bond donors (Lipinski definition) is 1. The smallest absolute Gasteiger partial charge is 0.236 e. The summed E-state index contributed by atoms with van der Waals surface area (Å²) in [7, 11) is -3.38. The van der Waals surface area contributed by atoms with Crippen LogP contribution in [0.1, 0.15) is 25.3 Å². The minimum absolute atomic E-state index is 0.0432. The molecule has 0 bridgehead atoms. The summed E-state index contributed by atoms with van der Waals surface area (Å²) in [5.41, 5.74) is 6.73. The van der Waals surface area contributed by atoms with Gasteiger partial charge < -0.3 is 5.73 Å². The van der Waals surface area contributed by atoms with Gasteiger partial charge in [0.25, 0.3) is 0 Å². The van der Waals surface area contributed by atoms with E-state index in [-0.39, 0.29) is 12.1 Å². The molecule has 2 rings (SSSR count). The first-order chi connectivity index (χ1) is 9.38. The fourth-order valence-electron chi connectivity index (χ4n) is 2.38. The van der Waals surface area contributed by atoms with Gasteiger partial charge in [0.1, 0.15) is 0 Å². The summed E-state index contributed by atoms with van der Waals surface area (Å²) >= 11 is 3.35. The first-order valence-corrected chi connectivity index (χ1v) is 8.89. The second-order valence-corrected chi connectivity index (χ2v) is 7.83. The lowest BCUT2D eigenvalue weighted by Gasteiger charge is -2.34. The highest BCUT2D eigenvalue weighted by Crippen LogP contribution is 2.21. The highest BCUT2D eigenvalue weighted by molar-refractivity contribution is 9.10. The van der Waals surface area contributed by atoms with E-state index in [1.54, 1.807) is 6.08 Å². The van der Waals surface area contributed by atoms with Crippen LogP contribution in [0.4, 0.5) is 0 Å². The summed E-state index contributed by atoms with van der Waals surface area (Å²) < 4.78 is 27.2. The van der Waals surface area contributed by atoms with E-state index in [1.807, 2.05) is 31.2 Å². The Balaban J connectivity index is 2.12. The van der Waals surface area contributed by atoms with Crippen LogP contribution >= 0.6 is 15.9 Å². The summed E-state index contributed by atoms with van der Waals surface area (Å²) in [6.07, 6.45) is 3.06. The van der Waals surface area contributed by atoms with Crippen LogP contribution in [0.2, 0.25) is 0 Å². The number of benzene rings is 1. The Morgan fingerprint density at radius 2 is 2.00 bits per heavy atom. The number of piperidine rings is 1. The molecular weight excluding hydrogens is 340 g/mol. The van der Waals surface area contributed by atoms with Crippen LogP contribution in [-0.2, 0) is 10.0 Å². The molecule has 1 aliphatic rings. The van der Waals surface area contributed by atoms with E-state index >= 15 is 0 Å². The van der Waals surface area contributed by atoms with Crippen LogP contribution in [0.15, 0.2) is 34.1 Å². The SMILES string of the molecule is CC1CC(N)CCN1S(=O)(=O)/C=C/c1ccc(Br)cc1. The van der Waals surface area contributed by atoms with Crippen molar-refractivity contribution in [2.24, 2.45) is 5.73 Å². The molecule has 0 saturated carbocycles. The van der Waals surface area contributed by atoms with Gasteiger partial charge in [-0.25, -0.2) is 8.42 Å². The van der Waals surface area contributed by atoms with Gasteiger partial charge in [0.15, 0.2) is 0 Å². The van der Waals surface area contributed by atoms with Crippen LogP contribution in [0.5, 0.6) is 0 Å². The van der Waals surface area contributed by atoms with Crippen molar-refractivity contribution < 1.29 is 8.42 Å². The second kappa shape index (κ2) is 6.39. The largest absolute Gasteiger partial charge is 0.328 e. The third-order valence-corrected chi connectivity index (χ3v) is 5.69. The van der Waals surface area contributed by atoms with E-state index in [2.05, 4.69) is 15.9 Å². The van der Waals surface area contributed by atoms with Crippen LogP contribution in [-0.4, -0.2) is 31.4 Å². The minimum atomic E-state index is -3.38. The average Bonchev–Trinajstić information content (AvgIpc) is 2.37. The molecular formula is C14H19BrN2O2S. The molecule has 20 heavy (non-hydrogen) atoms. The van der Waals surface area contributed by atoms with Gasteiger partial charge >= 0.3 is 0 Å². The summed E-state index contributed by atoms with van der Waals surface area (Å²) in [5, 5.41) is 1.28. The first kappa shape index (κ1) is 15.7. The van der Waals surface area contributed by atoms with E-state index in [0.29, 0.717) is 13.0 Å². The Bertz CT molecular complexity index is 584. The first-order valence-electron chi connectivity index (χ1n) is 6.59. The van der Waals surface area contributed by atoms with Crippen molar-refractivity contribution in [3.8, 4) is 0 Å². The molecule has 4 nitrogen and oxygen atoms in total. The molecule has 2 N–H and O–H groups in total. The van der Waals surface area contributed by atoms with Crippen LogP contribution in [0.25, 0.3) is 6.08 Å². The molecule has 0 radical (unpaired) electrons. The molecule has 1 aliphatic heterocycles. The van der Waals surface area contributed by atoms with Gasteiger partial charge in [-0.3, -0.25) is 0 Å². The molecule has 2 atom stereocenters. The lowest BCUT2D eigenvalue weighted by Crippen LogP contribution is -2.47. The normalized spacial score (nSPS) is 25.1. The number of halogens is 1. The Hall–Kier alpha value is -0.690. The molecule has 0 aliphatic carbocycles. The number of sulfonamides is 1. The number of nitrogens with two attached hydrogens (primary N) is 1. The van der Waals surface area contributed by atoms with Crippen molar-refractivity contribution in [1.82, 2.24) is 4.31 Å². The fraction of sp³-hybridized carbons (Fsp3) is 0.429. The van der Waals surface area contributed by atoms with Gasteiger partial charge in [0.2, 0.25) is 10.0 Å². The summed E-state index contributed by atoms with van der Waals surface area (Å²) in [6.45, 7) is 2.40. The average molecular weight is 359 g/mol. The zero-order valence-corrected chi connectivity index (χ0v) is 13.8. The predicted octanol–water partition coefficient (Wildman–Crippen LogP) is 2.56. The molecule has 1 saturated heterocycles. The maximum Gasteiger partial charge on any atom is 0.236 e. The zero-order valence-electron chi connectivity index (χ0n) is 11.4. The van der Waals surface area contributed by atoms with Crippen LogP contribution in [0.3, 0.4) is 0 Å². The third-order valence-electron chi connectivity index (χ3n) is 3.49. The lowest BCUT2D eigenvalue weighted by molar-refractivity contribution is 0.250. The van der Waals surface area contributed by atoms with Crippen molar-refractivity contribution in [2.75, 3.05) is 6.54 Å². The highest BCUT2D eigenvalue weighted by atomic mass is 79.9. The third kappa shape index (κ3) is 3.91. The van der Waals surface area contributed by atoms with E-state index in [1.165, 1.54) is 9.71 Å². The van der Waals surface area contributed by atoms with Gasteiger partial charge in [-0.15, -0.1) is 0 Å². The molecule has 2 unspecified atom stereocenters. The van der Waals surface area contributed by atoms with Gasteiger partial charge in [0, 0.05) is 28.5 Å².